The number of carboxylic acids is 2. The van der Waals surface area contributed by atoms with Crippen molar-refractivity contribution in [2.45, 2.75) is 43.4 Å². The second kappa shape index (κ2) is 14.3. The number of carboxylic acid groups (broad SMARTS) is 2. The predicted molar refractivity (Wildman–Crippen MR) is 133 cm³/mol. The largest absolute Gasteiger partial charge is 0.508 e. The lowest BCUT2D eigenvalue weighted by Crippen LogP contribution is -2.58. The molecule has 2 rings (SSSR count). The molecule has 0 aliphatic heterocycles. The van der Waals surface area contributed by atoms with E-state index in [0.717, 1.165) is 0 Å². The van der Waals surface area contributed by atoms with Gasteiger partial charge in [-0.2, -0.15) is 0 Å². The second-order valence-electron chi connectivity index (χ2n) is 8.47. The van der Waals surface area contributed by atoms with Crippen molar-refractivity contribution in [1.29, 1.82) is 0 Å². The van der Waals surface area contributed by atoms with Crippen LogP contribution in [0.25, 0.3) is 0 Å². The molecule has 9 N–H and O–H groups in total. The maximum absolute atomic E-state index is 12.8. The standard InChI is InChI=1S/C25H30N4O9/c26-17(10-15-6-8-16(31)9-7-15)22(34)27-18(12-21(32)33)23(35)29-20(13-30)24(36)28-19(25(37)38)11-14-4-2-1-3-5-14/h1-9,17-20,30-31H,10-13,26H2,(H,27,34)(H,28,36)(H,29,35)(H,32,33)(H,37,38). The number of phenolic OH excluding ortho intramolecular Hbond substituents is 1. The summed E-state index contributed by atoms with van der Waals surface area (Å²) >= 11 is 0. The van der Waals surface area contributed by atoms with Crippen molar-refractivity contribution in [1.82, 2.24) is 16.0 Å². The van der Waals surface area contributed by atoms with Crippen molar-refractivity contribution >= 4 is 29.7 Å². The fraction of sp³-hybridized carbons (Fsp3) is 0.320. The van der Waals surface area contributed by atoms with E-state index in [1.54, 1.807) is 30.3 Å². The van der Waals surface area contributed by atoms with Gasteiger partial charge in [-0.1, -0.05) is 42.5 Å². The van der Waals surface area contributed by atoms with Crippen LogP contribution in [0.4, 0.5) is 0 Å². The molecule has 0 heterocycles. The zero-order valence-electron chi connectivity index (χ0n) is 20.2. The molecular weight excluding hydrogens is 500 g/mol. The topological polar surface area (TPSA) is 228 Å². The highest BCUT2D eigenvalue weighted by Crippen LogP contribution is 2.11. The first-order valence-electron chi connectivity index (χ1n) is 11.5. The van der Waals surface area contributed by atoms with Crippen molar-refractivity contribution in [3.8, 4) is 5.75 Å². The summed E-state index contributed by atoms with van der Waals surface area (Å²) in [7, 11) is 0. The van der Waals surface area contributed by atoms with Gasteiger partial charge in [0.1, 0.15) is 23.9 Å². The van der Waals surface area contributed by atoms with E-state index < -0.39 is 66.9 Å². The molecule has 0 spiro atoms. The van der Waals surface area contributed by atoms with Gasteiger partial charge in [0.2, 0.25) is 17.7 Å². The fourth-order valence-electron chi connectivity index (χ4n) is 3.43. The number of aromatic hydroxyl groups is 1. The Labute approximate surface area is 217 Å². The molecule has 2 aromatic rings. The second-order valence-corrected chi connectivity index (χ2v) is 8.47. The Bertz CT molecular complexity index is 1130. The van der Waals surface area contributed by atoms with E-state index in [2.05, 4.69) is 16.0 Å². The maximum atomic E-state index is 12.8. The van der Waals surface area contributed by atoms with Gasteiger partial charge >= 0.3 is 11.9 Å². The van der Waals surface area contributed by atoms with Gasteiger partial charge in [-0.15, -0.1) is 0 Å². The number of carbonyl (C=O) groups excluding carboxylic acids is 3. The molecule has 38 heavy (non-hydrogen) atoms. The van der Waals surface area contributed by atoms with E-state index in [-0.39, 0.29) is 18.6 Å². The van der Waals surface area contributed by atoms with Gasteiger partial charge in [-0.25, -0.2) is 4.79 Å². The molecule has 13 nitrogen and oxygen atoms in total. The Balaban J connectivity index is 2.04. The summed E-state index contributed by atoms with van der Waals surface area (Å²) in [5, 5.41) is 44.3. The molecule has 0 saturated heterocycles. The first kappa shape index (κ1) is 29.7. The number of hydrogen-bond acceptors (Lipinski definition) is 8. The third-order valence-corrected chi connectivity index (χ3v) is 5.45. The number of aliphatic carboxylic acids is 2. The first-order chi connectivity index (χ1) is 18.0. The Morgan fingerprint density at radius 2 is 1.24 bits per heavy atom. The zero-order chi connectivity index (χ0) is 28.2. The van der Waals surface area contributed by atoms with Crippen LogP contribution in [0.3, 0.4) is 0 Å². The molecule has 0 radical (unpaired) electrons. The highest BCUT2D eigenvalue weighted by atomic mass is 16.4. The van der Waals surface area contributed by atoms with E-state index in [4.69, 9.17) is 5.73 Å². The quantitative estimate of drug-likeness (QED) is 0.141. The SMILES string of the molecule is NC(Cc1ccc(O)cc1)C(=O)NC(CC(=O)O)C(=O)NC(CO)C(=O)NC(Cc1ccccc1)C(=O)O. The van der Waals surface area contributed by atoms with Crippen molar-refractivity contribution in [3.05, 3.63) is 65.7 Å². The summed E-state index contributed by atoms with van der Waals surface area (Å²) < 4.78 is 0. The van der Waals surface area contributed by atoms with Crippen LogP contribution in [0.2, 0.25) is 0 Å². The molecule has 0 aliphatic rings. The van der Waals surface area contributed by atoms with Gasteiger partial charge < -0.3 is 42.1 Å². The zero-order valence-corrected chi connectivity index (χ0v) is 20.2. The normalized spacial score (nSPS) is 13.8. The van der Waals surface area contributed by atoms with Crippen LogP contribution in [-0.2, 0) is 36.8 Å². The molecule has 3 amide bonds. The van der Waals surface area contributed by atoms with E-state index in [1.807, 2.05) is 0 Å². The van der Waals surface area contributed by atoms with Crippen molar-refractivity contribution in [2.24, 2.45) is 5.73 Å². The number of benzene rings is 2. The number of nitrogens with one attached hydrogen (secondary N) is 3. The molecule has 0 saturated carbocycles. The number of carbonyl (C=O) groups is 5. The lowest BCUT2D eigenvalue weighted by molar-refractivity contribution is -0.143. The minimum Gasteiger partial charge on any atom is -0.508 e. The number of rotatable bonds is 14. The number of aliphatic hydroxyl groups is 1. The Hall–Kier alpha value is -4.49. The molecular formula is C25H30N4O9. The minimum absolute atomic E-state index is 0.0159. The van der Waals surface area contributed by atoms with Crippen molar-refractivity contribution < 1.29 is 44.4 Å². The van der Waals surface area contributed by atoms with Crippen LogP contribution in [0.15, 0.2) is 54.6 Å². The summed E-state index contributed by atoms with van der Waals surface area (Å²) in [6.45, 7) is -0.927. The smallest absolute Gasteiger partial charge is 0.326 e. The molecule has 0 bridgehead atoms. The Kier molecular flexibility index (Phi) is 11.2. The van der Waals surface area contributed by atoms with Crippen LogP contribution in [0.1, 0.15) is 17.5 Å². The number of hydrogen-bond donors (Lipinski definition) is 8. The van der Waals surface area contributed by atoms with Gasteiger partial charge in [-0.3, -0.25) is 19.2 Å². The minimum atomic E-state index is -1.65. The van der Waals surface area contributed by atoms with E-state index in [0.29, 0.717) is 11.1 Å². The molecule has 13 heteroatoms. The van der Waals surface area contributed by atoms with Gasteiger partial charge in [0.15, 0.2) is 0 Å². The van der Waals surface area contributed by atoms with E-state index >= 15 is 0 Å². The van der Waals surface area contributed by atoms with Crippen LogP contribution >= 0.6 is 0 Å². The van der Waals surface area contributed by atoms with Crippen LogP contribution in [-0.4, -0.2) is 80.9 Å². The monoisotopic (exact) mass is 530 g/mol. The van der Waals surface area contributed by atoms with Gasteiger partial charge in [0, 0.05) is 6.42 Å². The third kappa shape index (κ3) is 9.52. The van der Waals surface area contributed by atoms with E-state index in [1.165, 1.54) is 24.3 Å². The van der Waals surface area contributed by atoms with Crippen LogP contribution in [0, 0.1) is 0 Å². The summed E-state index contributed by atoms with van der Waals surface area (Å²) in [6, 6.07) is 8.52. The number of aliphatic hydroxyl groups excluding tert-OH is 1. The Morgan fingerprint density at radius 1 is 0.711 bits per heavy atom. The summed E-state index contributed by atoms with van der Waals surface area (Å²) in [5.41, 5.74) is 7.10. The van der Waals surface area contributed by atoms with Crippen LogP contribution in [0.5, 0.6) is 5.75 Å². The molecule has 0 aromatic heterocycles. The average molecular weight is 531 g/mol. The summed E-state index contributed by atoms with van der Waals surface area (Å²) in [5.74, 6) is -5.73. The highest BCUT2D eigenvalue weighted by Gasteiger charge is 2.31. The molecule has 4 atom stereocenters. The van der Waals surface area contributed by atoms with Crippen molar-refractivity contribution in [3.63, 3.8) is 0 Å². The summed E-state index contributed by atoms with van der Waals surface area (Å²) in [6.07, 6.45) is -0.896. The Morgan fingerprint density at radius 3 is 1.79 bits per heavy atom. The third-order valence-electron chi connectivity index (χ3n) is 5.45. The molecule has 204 valence electrons. The van der Waals surface area contributed by atoms with Gasteiger partial charge in [-0.05, 0) is 29.7 Å². The lowest BCUT2D eigenvalue weighted by Gasteiger charge is -2.23. The molecule has 0 fully saturated rings. The molecule has 2 aromatic carbocycles. The highest BCUT2D eigenvalue weighted by molar-refractivity contribution is 5.95. The molecule has 0 aliphatic carbocycles. The van der Waals surface area contributed by atoms with Gasteiger partial charge in [0.05, 0.1) is 19.1 Å². The van der Waals surface area contributed by atoms with Crippen molar-refractivity contribution in [2.75, 3.05) is 6.61 Å². The number of phenols is 1. The number of amides is 3. The predicted octanol–water partition coefficient (Wildman–Crippen LogP) is -1.49. The van der Waals surface area contributed by atoms with E-state index in [9.17, 15) is 44.4 Å². The average Bonchev–Trinajstić information content (AvgIpc) is 2.87. The van der Waals surface area contributed by atoms with Crippen LogP contribution < -0.4 is 21.7 Å². The summed E-state index contributed by atoms with van der Waals surface area (Å²) in [4.78, 5) is 60.8. The van der Waals surface area contributed by atoms with Gasteiger partial charge in [0.25, 0.3) is 0 Å². The fourth-order valence-corrected chi connectivity index (χ4v) is 3.43. The number of nitrogens with two attached hydrogens (primary N) is 1. The maximum Gasteiger partial charge on any atom is 0.326 e. The lowest BCUT2D eigenvalue weighted by atomic mass is 10.0. The first-order valence-corrected chi connectivity index (χ1v) is 11.5. The molecule has 4 unspecified atom stereocenters.